The molecule has 0 unspecified atom stereocenters. The molecule has 3 heteroatoms. The molecule has 0 amide bonds. The molecule has 0 atom stereocenters. The van der Waals surface area contributed by atoms with E-state index >= 15 is 0 Å². The largest absolute Gasteiger partial charge is 0.400 e. The van der Waals surface area contributed by atoms with Crippen LogP contribution in [0.15, 0.2) is 0 Å². The summed E-state index contributed by atoms with van der Waals surface area (Å²) in [6, 6.07) is 0. The standard InChI is InChI=1S/C29H40N2.C2H6.CH4O.CH4/c1-6-10-22-18(2)26(19(3)23-11-7-14-30-28(22)23)17-27-20(4)24-12-8-15-31-16-9-13-25(21(27)5)29(24)31;2*1-2;/h30H,6-17H2,1-5H3;1-2H3;2H,1H3;1H4. The van der Waals surface area contributed by atoms with E-state index in [0.29, 0.717) is 0 Å². The third kappa shape index (κ3) is 5.32. The van der Waals surface area contributed by atoms with Crippen molar-refractivity contribution in [2.24, 2.45) is 0 Å². The zero-order valence-electron chi connectivity index (χ0n) is 23.9. The van der Waals surface area contributed by atoms with Crippen molar-refractivity contribution >= 4 is 11.4 Å². The number of aliphatic hydroxyl groups excluding tert-OH is 1. The highest BCUT2D eigenvalue weighted by atomic mass is 16.2. The van der Waals surface area contributed by atoms with Crippen molar-refractivity contribution < 1.29 is 5.11 Å². The molecule has 0 aliphatic carbocycles. The van der Waals surface area contributed by atoms with Crippen LogP contribution in [0, 0.1) is 27.7 Å². The highest BCUT2D eigenvalue weighted by molar-refractivity contribution is 5.71. The highest BCUT2D eigenvalue weighted by Gasteiger charge is 2.29. The van der Waals surface area contributed by atoms with Crippen LogP contribution in [-0.2, 0) is 32.1 Å². The lowest BCUT2D eigenvalue weighted by Gasteiger charge is -2.39. The summed E-state index contributed by atoms with van der Waals surface area (Å²) in [4.78, 5) is 2.70. The van der Waals surface area contributed by atoms with Crippen LogP contribution in [0.2, 0.25) is 0 Å². The number of hydrogen-bond donors (Lipinski definition) is 2. The molecule has 0 radical (unpaired) electrons. The maximum atomic E-state index is 7.00. The Morgan fingerprint density at radius 1 is 0.722 bits per heavy atom. The van der Waals surface area contributed by atoms with Crippen LogP contribution in [-0.4, -0.2) is 31.9 Å². The second kappa shape index (κ2) is 13.5. The molecule has 0 saturated carbocycles. The first-order chi connectivity index (χ1) is 17.0. The van der Waals surface area contributed by atoms with E-state index < -0.39 is 0 Å². The van der Waals surface area contributed by atoms with Crippen LogP contribution in [0.1, 0.15) is 110 Å². The Kier molecular flexibility index (Phi) is 11.3. The Morgan fingerprint density at radius 2 is 1.22 bits per heavy atom. The molecule has 2 aromatic carbocycles. The van der Waals surface area contributed by atoms with E-state index in [2.05, 4.69) is 44.8 Å². The lowest BCUT2D eigenvalue weighted by Crippen LogP contribution is -2.35. The van der Waals surface area contributed by atoms with Crippen LogP contribution in [0.25, 0.3) is 0 Å². The van der Waals surface area contributed by atoms with E-state index in [1.807, 2.05) is 13.8 Å². The minimum Gasteiger partial charge on any atom is -0.400 e. The highest BCUT2D eigenvalue weighted by Crippen LogP contribution is 2.43. The number of nitrogens with one attached hydrogen (secondary N) is 1. The molecule has 0 bridgehead atoms. The Balaban J connectivity index is 0.000000871. The Morgan fingerprint density at radius 3 is 1.78 bits per heavy atom. The van der Waals surface area contributed by atoms with Crippen LogP contribution < -0.4 is 10.2 Å². The molecule has 0 aromatic heterocycles. The normalized spacial score (nSPS) is 15.2. The van der Waals surface area contributed by atoms with Crippen LogP contribution in [0.3, 0.4) is 0 Å². The molecule has 3 aliphatic rings. The van der Waals surface area contributed by atoms with Crippen molar-refractivity contribution in [3.05, 3.63) is 55.6 Å². The summed E-state index contributed by atoms with van der Waals surface area (Å²) in [5.74, 6) is 0. The van der Waals surface area contributed by atoms with E-state index in [1.54, 1.807) is 61.3 Å². The van der Waals surface area contributed by atoms with Crippen LogP contribution >= 0.6 is 0 Å². The van der Waals surface area contributed by atoms with Gasteiger partial charge in [0.1, 0.15) is 0 Å². The number of fused-ring (bicyclic) bond motifs is 1. The summed E-state index contributed by atoms with van der Waals surface area (Å²) in [6.45, 7) is 19.6. The lowest BCUT2D eigenvalue weighted by atomic mass is 9.78. The molecule has 0 spiro atoms. The SMILES string of the molecule is C.CC.CCCc1c(C)c(Cc2c(C)c3c4c(c2C)CCCN4CCC3)c(C)c2c1NCCC2.CO. The summed E-state index contributed by atoms with van der Waals surface area (Å²) in [5, 5.41) is 10.8. The van der Waals surface area contributed by atoms with Gasteiger partial charge in [0.25, 0.3) is 0 Å². The minimum absolute atomic E-state index is 0. The van der Waals surface area contributed by atoms with Gasteiger partial charge in [-0.1, -0.05) is 34.6 Å². The van der Waals surface area contributed by atoms with Crippen molar-refractivity contribution in [2.75, 3.05) is 37.0 Å². The number of benzene rings is 2. The van der Waals surface area contributed by atoms with E-state index in [4.69, 9.17) is 5.11 Å². The van der Waals surface area contributed by atoms with Crippen molar-refractivity contribution in [3.8, 4) is 0 Å². The number of anilines is 2. The molecule has 5 rings (SSSR count). The van der Waals surface area contributed by atoms with Gasteiger partial charge >= 0.3 is 0 Å². The first kappa shape index (κ1) is 30.2. The molecule has 2 N–H and O–H groups in total. The fraction of sp³-hybridized carbons (Fsp3) is 0.636. The third-order valence-electron chi connectivity index (χ3n) is 8.58. The van der Waals surface area contributed by atoms with Crippen molar-refractivity contribution in [1.82, 2.24) is 0 Å². The Hall–Kier alpha value is -2.00. The predicted octanol–water partition coefficient (Wildman–Crippen LogP) is 7.79. The molecule has 0 fully saturated rings. The fourth-order valence-corrected chi connectivity index (χ4v) is 6.88. The summed E-state index contributed by atoms with van der Waals surface area (Å²) < 4.78 is 0. The summed E-state index contributed by atoms with van der Waals surface area (Å²) in [6.07, 6.45) is 11.2. The molecule has 3 aliphatic heterocycles. The quantitative estimate of drug-likeness (QED) is 0.455. The Labute approximate surface area is 222 Å². The average molecular weight is 495 g/mol. The first-order valence-corrected chi connectivity index (χ1v) is 14.2. The monoisotopic (exact) mass is 494 g/mol. The smallest absolute Gasteiger partial charge is 0.0436 e. The second-order valence-electron chi connectivity index (χ2n) is 10.2. The first-order valence-electron chi connectivity index (χ1n) is 14.2. The molecule has 3 heterocycles. The number of hydrogen-bond acceptors (Lipinski definition) is 3. The zero-order chi connectivity index (χ0) is 25.7. The fourth-order valence-electron chi connectivity index (χ4n) is 6.88. The molecular formula is C33H54N2O. The molecule has 3 nitrogen and oxygen atoms in total. The molecule has 2 aromatic rings. The van der Waals surface area contributed by atoms with Gasteiger partial charge in [0, 0.05) is 38.1 Å². The number of nitrogens with zero attached hydrogens (tertiary/aromatic N) is 1. The van der Waals surface area contributed by atoms with Gasteiger partial charge in [-0.15, -0.1) is 0 Å². The zero-order valence-corrected chi connectivity index (χ0v) is 23.9. The van der Waals surface area contributed by atoms with Gasteiger partial charge in [-0.05, 0) is 135 Å². The summed E-state index contributed by atoms with van der Waals surface area (Å²) in [5.41, 5.74) is 19.2. The van der Waals surface area contributed by atoms with E-state index in [1.165, 1.54) is 70.1 Å². The maximum absolute atomic E-state index is 7.00. The van der Waals surface area contributed by atoms with Crippen molar-refractivity contribution in [2.45, 2.75) is 114 Å². The molecule has 0 saturated heterocycles. The van der Waals surface area contributed by atoms with E-state index in [9.17, 15) is 0 Å². The van der Waals surface area contributed by atoms with Gasteiger partial charge in [-0.3, -0.25) is 0 Å². The summed E-state index contributed by atoms with van der Waals surface area (Å²) in [7, 11) is 1.00. The summed E-state index contributed by atoms with van der Waals surface area (Å²) >= 11 is 0. The van der Waals surface area contributed by atoms with E-state index in [0.717, 1.165) is 20.1 Å². The van der Waals surface area contributed by atoms with Gasteiger partial charge in [0.2, 0.25) is 0 Å². The predicted molar refractivity (Wildman–Crippen MR) is 161 cm³/mol. The molecular weight excluding hydrogens is 440 g/mol. The van der Waals surface area contributed by atoms with Gasteiger partial charge in [0.15, 0.2) is 0 Å². The Bertz CT molecular complexity index is 1000. The van der Waals surface area contributed by atoms with Crippen LogP contribution in [0.5, 0.6) is 0 Å². The molecule has 202 valence electrons. The maximum Gasteiger partial charge on any atom is 0.0436 e. The van der Waals surface area contributed by atoms with Gasteiger partial charge < -0.3 is 15.3 Å². The third-order valence-corrected chi connectivity index (χ3v) is 8.58. The topological polar surface area (TPSA) is 35.5 Å². The number of aliphatic hydroxyl groups is 1. The van der Waals surface area contributed by atoms with Gasteiger partial charge in [-0.25, -0.2) is 0 Å². The van der Waals surface area contributed by atoms with Gasteiger partial charge in [-0.2, -0.15) is 0 Å². The average Bonchev–Trinajstić information content (AvgIpc) is 2.91. The number of rotatable bonds is 4. The van der Waals surface area contributed by atoms with Crippen molar-refractivity contribution in [3.63, 3.8) is 0 Å². The van der Waals surface area contributed by atoms with E-state index in [-0.39, 0.29) is 7.43 Å². The minimum atomic E-state index is 0. The second-order valence-corrected chi connectivity index (χ2v) is 10.2. The van der Waals surface area contributed by atoms with Crippen LogP contribution in [0.4, 0.5) is 11.4 Å². The van der Waals surface area contributed by atoms with Crippen molar-refractivity contribution in [1.29, 1.82) is 0 Å². The lowest BCUT2D eigenvalue weighted by molar-refractivity contribution is 0.399. The van der Waals surface area contributed by atoms with Gasteiger partial charge in [0.05, 0.1) is 0 Å². The molecule has 36 heavy (non-hydrogen) atoms.